The van der Waals surface area contributed by atoms with Gasteiger partial charge in [-0.2, -0.15) is 9.97 Å². The van der Waals surface area contributed by atoms with Crippen molar-refractivity contribution in [3.8, 4) is 11.8 Å². The predicted octanol–water partition coefficient (Wildman–Crippen LogP) is 0.871. The molecule has 6 heteroatoms. The zero-order valence-electron chi connectivity index (χ0n) is 9.77. The van der Waals surface area contributed by atoms with E-state index in [0.717, 1.165) is 0 Å². The van der Waals surface area contributed by atoms with Crippen LogP contribution in [0, 0.1) is 0 Å². The number of nitrogen functional groups attached to an aromatic ring is 1. The summed E-state index contributed by atoms with van der Waals surface area (Å²) in [5, 5.41) is 0. The van der Waals surface area contributed by atoms with Gasteiger partial charge in [-0.25, -0.2) is 0 Å². The van der Waals surface area contributed by atoms with Gasteiger partial charge in [0.05, 0.1) is 13.7 Å². The van der Waals surface area contributed by atoms with Crippen LogP contribution in [0.4, 0.5) is 5.69 Å². The van der Waals surface area contributed by atoms with Crippen LogP contribution in [-0.2, 0) is 4.74 Å². The fourth-order valence-electron chi connectivity index (χ4n) is 1.13. The van der Waals surface area contributed by atoms with Crippen LogP contribution in [-0.4, -0.2) is 36.4 Å². The van der Waals surface area contributed by atoms with Crippen molar-refractivity contribution >= 4 is 5.69 Å². The summed E-state index contributed by atoms with van der Waals surface area (Å²) in [6.07, 6.45) is 1.22. The SMILES string of the molecule is CCOCC(C)Oc1ncnc(OC)c1N. The van der Waals surface area contributed by atoms with Crippen molar-refractivity contribution in [3.05, 3.63) is 6.33 Å². The van der Waals surface area contributed by atoms with Gasteiger partial charge in [0.2, 0.25) is 11.8 Å². The lowest BCUT2D eigenvalue weighted by molar-refractivity contribution is 0.0636. The summed E-state index contributed by atoms with van der Waals surface area (Å²) < 4.78 is 15.7. The lowest BCUT2D eigenvalue weighted by Gasteiger charge is -2.15. The summed E-state index contributed by atoms with van der Waals surface area (Å²) in [4.78, 5) is 7.80. The third kappa shape index (κ3) is 3.23. The second-order valence-corrected chi connectivity index (χ2v) is 3.19. The van der Waals surface area contributed by atoms with E-state index < -0.39 is 0 Å². The topological polar surface area (TPSA) is 79.5 Å². The number of ether oxygens (including phenoxy) is 3. The van der Waals surface area contributed by atoms with E-state index in [1.165, 1.54) is 13.4 Å². The van der Waals surface area contributed by atoms with Gasteiger partial charge in [-0.3, -0.25) is 0 Å². The van der Waals surface area contributed by atoms with E-state index in [9.17, 15) is 0 Å². The number of hydrogen-bond donors (Lipinski definition) is 1. The Bertz CT molecular complexity index is 333. The zero-order valence-corrected chi connectivity index (χ0v) is 9.77. The smallest absolute Gasteiger partial charge is 0.244 e. The normalized spacial score (nSPS) is 12.2. The Hall–Kier alpha value is -1.56. The van der Waals surface area contributed by atoms with Crippen molar-refractivity contribution in [3.63, 3.8) is 0 Å². The zero-order chi connectivity index (χ0) is 12.0. The molecule has 6 nitrogen and oxygen atoms in total. The second-order valence-electron chi connectivity index (χ2n) is 3.19. The standard InChI is InChI=1S/C10H17N3O3/c1-4-15-5-7(2)16-10-8(11)9(14-3)12-6-13-10/h6-7H,4-5,11H2,1-3H3. The van der Waals surface area contributed by atoms with E-state index in [4.69, 9.17) is 19.9 Å². The molecule has 0 aliphatic heterocycles. The second kappa shape index (κ2) is 6.12. The minimum atomic E-state index is -0.123. The van der Waals surface area contributed by atoms with Crippen LogP contribution in [0.3, 0.4) is 0 Å². The highest BCUT2D eigenvalue weighted by molar-refractivity contribution is 5.55. The molecule has 0 bridgehead atoms. The molecule has 0 radical (unpaired) electrons. The maximum absolute atomic E-state index is 5.75. The van der Waals surface area contributed by atoms with E-state index >= 15 is 0 Å². The van der Waals surface area contributed by atoms with E-state index in [1.807, 2.05) is 13.8 Å². The van der Waals surface area contributed by atoms with E-state index in [-0.39, 0.29) is 6.10 Å². The van der Waals surface area contributed by atoms with Crippen LogP contribution in [0.25, 0.3) is 0 Å². The Kier molecular flexibility index (Phi) is 4.78. The van der Waals surface area contributed by atoms with Crippen LogP contribution in [0.2, 0.25) is 0 Å². The summed E-state index contributed by atoms with van der Waals surface area (Å²) in [6.45, 7) is 4.94. The Morgan fingerprint density at radius 1 is 1.38 bits per heavy atom. The van der Waals surface area contributed by atoms with Gasteiger partial charge >= 0.3 is 0 Å². The Morgan fingerprint density at radius 3 is 2.69 bits per heavy atom. The molecule has 0 fully saturated rings. The molecular formula is C10H17N3O3. The molecule has 1 heterocycles. The number of hydrogen-bond acceptors (Lipinski definition) is 6. The van der Waals surface area contributed by atoms with Crippen LogP contribution >= 0.6 is 0 Å². The molecule has 0 saturated carbocycles. The van der Waals surface area contributed by atoms with Gasteiger partial charge in [-0.1, -0.05) is 0 Å². The number of aromatic nitrogens is 2. The van der Waals surface area contributed by atoms with Crippen molar-refractivity contribution in [2.45, 2.75) is 20.0 Å². The molecule has 1 rings (SSSR count). The average Bonchev–Trinajstić information content (AvgIpc) is 2.29. The Morgan fingerprint density at radius 2 is 2.06 bits per heavy atom. The monoisotopic (exact) mass is 227 g/mol. The Balaban J connectivity index is 2.66. The molecule has 0 aromatic carbocycles. The van der Waals surface area contributed by atoms with E-state index in [2.05, 4.69) is 9.97 Å². The number of methoxy groups -OCH3 is 1. The largest absolute Gasteiger partial charge is 0.479 e. The molecule has 0 aliphatic rings. The number of rotatable bonds is 6. The molecule has 0 amide bonds. The first-order chi connectivity index (χ1) is 7.69. The minimum Gasteiger partial charge on any atom is -0.479 e. The van der Waals surface area contributed by atoms with Crippen LogP contribution in [0.5, 0.6) is 11.8 Å². The molecule has 0 spiro atoms. The third-order valence-electron chi connectivity index (χ3n) is 1.87. The van der Waals surface area contributed by atoms with Gasteiger partial charge in [0.25, 0.3) is 0 Å². The highest BCUT2D eigenvalue weighted by Gasteiger charge is 2.12. The number of anilines is 1. The molecule has 16 heavy (non-hydrogen) atoms. The molecule has 2 N–H and O–H groups in total. The minimum absolute atomic E-state index is 0.123. The fraction of sp³-hybridized carbons (Fsp3) is 0.600. The quantitative estimate of drug-likeness (QED) is 0.776. The van der Waals surface area contributed by atoms with Crippen LogP contribution in [0.1, 0.15) is 13.8 Å². The van der Waals surface area contributed by atoms with Crippen molar-refractivity contribution in [1.82, 2.24) is 9.97 Å². The summed E-state index contributed by atoms with van der Waals surface area (Å²) in [5.41, 5.74) is 6.05. The van der Waals surface area contributed by atoms with Crippen LogP contribution in [0.15, 0.2) is 6.33 Å². The third-order valence-corrected chi connectivity index (χ3v) is 1.87. The molecule has 1 atom stereocenters. The highest BCUT2D eigenvalue weighted by atomic mass is 16.5. The van der Waals surface area contributed by atoms with Crippen molar-refractivity contribution in [2.24, 2.45) is 0 Å². The average molecular weight is 227 g/mol. The summed E-state index contributed by atoms with van der Waals surface area (Å²) in [5.74, 6) is 0.632. The highest BCUT2D eigenvalue weighted by Crippen LogP contribution is 2.26. The van der Waals surface area contributed by atoms with Gasteiger partial charge in [0.15, 0.2) is 5.69 Å². The molecule has 1 unspecified atom stereocenters. The number of nitrogens with two attached hydrogens (primary N) is 1. The Labute approximate surface area is 94.7 Å². The summed E-state index contributed by atoms with van der Waals surface area (Å²) in [6, 6.07) is 0. The summed E-state index contributed by atoms with van der Waals surface area (Å²) in [7, 11) is 1.49. The maximum Gasteiger partial charge on any atom is 0.244 e. The molecule has 0 saturated heterocycles. The lowest BCUT2D eigenvalue weighted by Crippen LogP contribution is -2.20. The summed E-state index contributed by atoms with van der Waals surface area (Å²) >= 11 is 0. The van der Waals surface area contributed by atoms with Gasteiger partial charge in [-0.05, 0) is 13.8 Å². The van der Waals surface area contributed by atoms with E-state index in [0.29, 0.717) is 30.7 Å². The van der Waals surface area contributed by atoms with Gasteiger partial charge in [0.1, 0.15) is 12.4 Å². The molecule has 0 aliphatic carbocycles. The molecule has 1 aromatic heterocycles. The first-order valence-corrected chi connectivity index (χ1v) is 5.07. The first-order valence-electron chi connectivity index (χ1n) is 5.07. The predicted molar refractivity (Wildman–Crippen MR) is 59.6 cm³/mol. The first kappa shape index (κ1) is 12.5. The maximum atomic E-state index is 5.75. The van der Waals surface area contributed by atoms with Gasteiger partial charge in [0, 0.05) is 6.61 Å². The van der Waals surface area contributed by atoms with Crippen molar-refractivity contribution < 1.29 is 14.2 Å². The van der Waals surface area contributed by atoms with Gasteiger partial charge < -0.3 is 19.9 Å². The van der Waals surface area contributed by atoms with Crippen molar-refractivity contribution in [1.29, 1.82) is 0 Å². The van der Waals surface area contributed by atoms with Crippen LogP contribution < -0.4 is 15.2 Å². The van der Waals surface area contributed by atoms with E-state index in [1.54, 1.807) is 0 Å². The molecular weight excluding hydrogens is 210 g/mol. The lowest BCUT2D eigenvalue weighted by atomic mass is 10.4. The molecule has 1 aromatic rings. The van der Waals surface area contributed by atoms with Crippen molar-refractivity contribution in [2.75, 3.05) is 26.1 Å². The number of nitrogens with zero attached hydrogens (tertiary/aromatic N) is 2. The van der Waals surface area contributed by atoms with Gasteiger partial charge in [-0.15, -0.1) is 0 Å². The molecule has 90 valence electrons. The fourth-order valence-corrected chi connectivity index (χ4v) is 1.13.